The maximum atomic E-state index is 11.7. The monoisotopic (exact) mass is 206 g/mol. The van der Waals surface area contributed by atoms with Crippen molar-refractivity contribution in [2.24, 2.45) is 0 Å². The SMILES string of the molecule is Cc1noc(C)c1C(=O)Nc1ncc[nH]1. The van der Waals surface area contributed by atoms with Gasteiger partial charge in [0.15, 0.2) is 0 Å². The van der Waals surface area contributed by atoms with Crippen LogP contribution in [0.15, 0.2) is 16.9 Å². The van der Waals surface area contributed by atoms with E-state index in [1.54, 1.807) is 26.2 Å². The first-order valence-electron chi connectivity index (χ1n) is 4.42. The summed E-state index contributed by atoms with van der Waals surface area (Å²) in [5.41, 5.74) is 1.02. The number of nitrogens with zero attached hydrogens (tertiary/aromatic N) is 2. The summed E-state index contributed by atoms with van der Waals surface area (Å²) < 4.78 is 4.89. The van der Waals surface area contributed by atoms with Crippen molar-refractivity contribution in [1.29, 1.82) is 0 Å². The first-order valence-corrected chi connectivity index (χ1v) is 4.42. The number of aryl methyl sites for hydroxylation is 2. The van der Waals surface area contributed by atoms with Crippen molar-refractivity contribution in [1.82, 2.24) is 15.1 Å². The van der Waals surface area contributed by atoms with Crippen LogP contribution in [0.3, 0.4) is 0 Å². The third-order valence-corrected chi connectivity index (χ3v) is 1.99. The van der Waals surface area contributed by atoms with Crippen molar-refractivity contribution < 1.29 is 9.32 Å². The highest BCUT2D eigenvalue weighted by molar-refractivity contribution is 6.04. The molecule has 0 saturated carbocycles. The number of hydrogen-bond acceptors (Lipinski definition) is 4. The molecule has 1 amide bonds. The number of rotatable bonds is 2. The quantitative estimate of drug-likeness (QED) is 0.774. The Labute approximate surface area is 85.7 Å². The number of H-pyrrole nitrogens is 1. The van der Waals surface area contributed by atoms with Crippen molar-refractivity contribution in [3.05, 3.63) is 29.4 Å². The number of hydrogen-bond donors (Lipinski definition) is 2. The molecule has 0 aliphatic heterocycles. The zero-order valence-corrected chi connectivity index (χ0v) is 8.37. The second-order valence-electron chi connectivity index (χ2n) is 3.09. The van der Waals surface area contributed by atoms with Crippen LogP contribution in [0.5, 0.6) is 0 Å². The van der Waals surface area contributed by atoms with Crippen LogP contribution in [-0.4, -0.2) is 21.0 Å². The van der Waals surface area contributed by atoms with E-state index in [0.717, 1.165) is 0 Å². The first kappa shape index (κ1) is 9.45. The lowest BCUT2D eigenvalue weighted by Crippen LogP contribution is -2.14. The summed E-state index contributed by atoms with van der Waals surface area (Å²) in [5.74, 6) is 0.623. The van der Waals surface area contributed by atoms with E-state index >= 15 is 0 Å². The van der Waals surface area contributed by atoms with Gasteiger partial charge in [0.25, 0.3) is 5.91 Å². The molecule has 0 aromatic carbocycles. The predicted octanol–water partition coefficient (Wildman–Crippen LogP) is 1.27. The number of carbonyl (C=O) groups excluding carboxylic acids is 1. The average Bonchev–Trinajstić information content (AvgIpc) is 2.77. The van der Waals surface area contributed by atoms with Crippen LogP contribution in [0.4, 0.5) is 5.95 Å². The molecular weight excluding hydrogens is 196 g/mol. The highest BCUT2D eigenvalue weighted by atomic mass is 16.5. The lowest BCUT2D eigenvalue weighted by Gasteiger charge is -1.99. The van der Waals surface area contributed by atoms with E-state index in [2.05, 4.69) is 20.4 Å². The number of aromatic nitrogens is 3. The van der Waals surface area contributed by atoms with Gasteiger partial charge in [-0.25, -0.2) is 4.98 Å². The summed E-state index contributed by atoms with van der Waals surface area (Å²) >= 11 is 0. The number of anilines is 1. The molecule has 0 bridgehead atoms. The number of aromatic amines is 1. The molecule has 0 saturated heterocycles. The Morgan fingerprint density at radius 3 is 2.87 bits per heavy atom. The standard InChI is InChI=1S/C9H10N4O2/c1-5-7(6(2)15-13-5)8(14)12-9-10-3-4-11-9/h3-4H,1-2H3,(H2,10,11,12,14). The Hall–Kier alpha value is -2.11. The predicted molar refractivity (Wildman–Crippen MR) is 52.5 cm³/mol. The molecule has 0 spiro atoms. The van der Waals surface area contributed by atoms with Gasteiger partial charge in [-0.1, -0.05) is 5.16 Å². The molecule has 2 rings (SSSR count). The van der Waals surface area contributed by atoms with Gasteiger partial charge >= 0.3 is 0 Å². The fraction of sp³-hybridized carbons (Fsp3) is 0.222. The summed E-state index contributed by atoms with van der Waals surface area (Å²) in [5, 5.41) is 6.30. The number of amides is 1. The molecule has 15 heavy (non-hydrogen) atoms. The molecule has 0 atom stereocenters. The second-order valence-corrected chi connectivity index (χ2v) is 3.09. The Morgan fingerprint density at radius 1 is 1.53 bits per heavy atom. The van der Waals surface area contributed by atoms with Crippen LogP contribution < -0.4 is 5.32 Å². The average molecular weight is 206 g/mol. The Balaban J connectivity index is 2.22. The van der Waals surface area contributed by atoms with Crippen LogP contribution in [0.25, 0.3) is 0 Å². The third-order valence-electron chi connectivity index (χ3n) is 1.99. The van der Waals surface area contributed by atoms with Gasteiger partial charge in [0, 0.05) is 12.4 Å². The molecule has 2 aromatic rings. The molecule has 78 valence electrons. The van der Waals surface area contributed by atoms with Crippen molar-refractivity contribution >= 4 is 11.9 Å². The molecule has 0 aliphatic carbocycles. The minimum absolute atomic E-state index is 0.277. The van der Waals surface area contributed by atoms with Gasteiger partial charge in [0.2, 0.25) is 5.95 Å². The van der Waals surface area contributed by atoms with Crippen molar-refractivity contribution in [3.63, 3.8) is 0 Å². The molecule has 0 aliphatic rings. The fourth-order valence-corrected chi connectivity index (χ4v) is 1.31. The van der Waals surface area contributed by atoms with Crippen molar-refractivity contribution in [2.45, 2.75) is 13.8 Å². The van der Waals surface area contributed by atoms with E-state index in [0.29, 0.717) is 23.0 Å². The summed E-state index contributed by atoms with van der Waals surface area (Å²) in [4.78, 5) is 18.4. The normalized spacial score (nSPS) is 10.3. The molecule has 0 radical (unpaired) electrons. The van der Waals surface area contributed by atoms with E-state index in [1.165, 1.54) is 0 Å². The molecule has 6 heteroatoms. The second kappa shape index (κ2) is 3.56. The maximum absolute atomic E-state index is 11.7. The van der Waals surface area contributed by atoms with Crippen LogP contribution >= 0.6 is 0 Å². The van der Waals surface area contributed by atoms with Crippen LogP contribution in [0.1, 0.15) is 21.8 Å². The molecular formula is C9H10N4O2. The summed E-state index contributed by atoms with van der Waals surface area (Å²) in [6, 6.07) is 0. The number of carbonyl (C=O) groups is 1. The lowest BCUT2D eigenvalue weighted by atomic mass is 10.2. The van der Waals surface area contributed by atoms with E-state index in [1.807, 2.05) is 0 Å². The smallest absolute Gasteiger partial charge is 0.263 e. The highest BCUT2D eigenvalue weighted by Crippen LogP contribution is 2.13. The number of nitrogens with one attached hydrogen (secondary N) is 2. The zero-order valence-electron chi connectivity index (χ0n) is 8.37. The molecule has 2 N–H and O–H groups in total. The maximum Gasteiger partial charge on any atom is 0.263 e. The molecule has 0 unspecified atom stereocenters. The van der Waals surface area contributed by atoms with E-state index in [9.17, 15) is 4.79 Å². The van der Waals surface area contributed by atoms with E-state index < -0.39 is 0 Å². The van der Waals surface area contributed by atoms with Crippen molar-refractivity contribution in [3.8, 4) is 0 Å². The van der Waals surface area contributed by atoms with Gasteiger partial charge in [-0.2, -0.15) is 0 Å². The minimum atomic E-state index is -0.277. The van der Waals surface area contributed by atoms with Crippen LogP contribution in [0, 0.1) is 13.8 Å². The Bertz CT molecular complexity index is 453. The molecule has 2 aromatic heterocycles. The van der Waals surface area contributed by atoms with Gasteiger partial charge in [0.05, 0.1) is 5.69 Å². The van der Waals surface area contributed by atoms with Gasteiger partial charge in [0.1, 0.15) is 11.3 Å². The van der Waals surface area contributed by atoms with E-state index in [4.69, 9.17) is 4.52 Å². The van der Waals surface area contributed by atoms with Gasteiger partial charge in [-0.3, -0.25) is 10.1 Å². The van der Waals surface area contributed by atoms with Crippen LogP contribution in [0.2, 0.25) is 0 Å². The van der Waals surface area contributed by atoms with Gasteiger partial charge in [-0.15, -0.1) is 0 Å². The molecule has 6 nitrogen and oxygen atoms in total. The third kappa shape index (κ3) is 1.74. The fourth-order valence-electron chi connectivity index (χ4n) is 1.31. The number of imidazole rings is 1. The Morgan fingerprint density at radius 2 is 2.33 bits per heavy atom. The summed E-state index contributed by atoms with van der Waals surface area (Å²) in [6.07, 6.45) is 3.19. The summed E-state index contributed by atoms with van der Waals surface area (Å²) in [7, 11) is 0. The largest absolute Gasteiger partial charge is 0.361 e. The Kier molecular flexibility index (Phi) is 2.24. The molecule has 2 heterocycles. The van der Waals surface area contributed by atoms with Crippen LogP contribution in [-0.2, 0) is 0 Å². The van der Waals surface area contributed by atoms with E-state index in [-0.39, 0.29) is 5.91 Å². The van der Waals surface area contributed by atoms with Gasteiger partial charge < -0.3 is 9.51 Å². The highest BCUT2D eigenvalue weighted by Gasteiger charge is 2.17. The first-order chi connectivity index (χ1) is 7.18. The molecule has 0 fully saturated rings. The van der Waals surface area contributed by atoms with Gasteiger partial charge in [-0.05, 0) is 13.8 Å². The zero-order chi connectivity index (χ0) is 10.8. The summed E-state index contributed by atoms with van der Waals surface area (Å²) in [6.45, 7) is 3.41. The van der Waals surface area contributed by atoms with Crippen molar-refractivity contribution in [2.75, 3.05) is 5.32 Å². The lowest BCUT2D eigenvalue weighted by molar-refractivity contribution is 0.102. The topological polar surface area (TPSA) is 83.8 Å². The minimum Gasteiger partial charge on any atom is -0.361 e.